The fraction of sp³-hybridized carbons (Fsp3) is 0.407. The average molecular weight is 482 g/mol. The normalized spacial score (nSPS) is 21.9. The zero-order valence-electron chi connectivity index (χ0n) is 20.0. The minimum Gasteiger partial charge on any atom is -0.376 e. The Labute approximate surface area is 206 Å². The number of nitrogens with zero attached hydrogens (tertiary/aromatic N) is 1. The molecule has 2 aromatic carbocycles. The van der Waals surface area contributed by atoms with Crippen LogP contribution in [0.2, 0.25) is 0 Å². The minimum atomic E-state index is -0.385. The van der Waals surface area contributed by atoms with Gasteiger partial charge in [0.05, 0.1) is 11.8 Å². The van der Waals surface area contributed by atoms with Gasteiger partial charge >= 0.3 is 0 Å². The second kappa shape index (κ2) is 10.2. The molecule has 1 saturated heterocycles. The Bertz CT molecular complexity index is 1100. The van der Waals surface area contributed by atoms with E-state index >= 15 is 4.39 Å². The van der Waals surface area contributed by atoms with Gasteiger partial charge in [-0.2, -0.15) is 0 Å². The number of nitrogens with one attached hydrogen (secondary N) is 2. The topological polar surface area (TPSA) is 53.6 Å². The number of halogens is 1. The SMILES string of the molecule is Cc1ccc(C(=O)C2=CCC(C)(Cc3ccc(NC(=S)NCC4CCCO4)cc3F)N2C)cc1. The number of hydrogen-bond donors (Lipinski definition) is 2. The quantitative estimate of drug-likeness (QED) is 0.429. The number of ether oxygens (including phenoxy) is 1. The number of ketones is 1. The van der Waals surface area contributed by atoms with Crippen molar-refractivity contribution in [2.45, 2.75) is 51.2 Å². The molecular weight excluding hydrogens is 449 g/mol. The molecule has 2 aromatic rings. The van der Waals surface area contributed by atoms with Crippen LogP contribution in [0.3, 0.4) is 0 Å². The van der Waals surface area contributed by atoms with E-state index in [-0.39, 0.29) is 23.2 Å². The summed E-state index contributed by atoms with van der Waals surface area (Å²) < 4.78 is 20.6. The van der Waals surface area contributed by atoms with Crippen molar-refractivity contribution in [3.05, 3.63) is 76.7 Å². The molecule has 1 fully saturated rings. The monoisotopic (exact) mass is 481 g/mol. The highest BCUT2D eigenvalue weighted by Crippen LogP contribution is 2.35. The maximum Gasteiger partial charge on any atom is 0.208 e. The first kappa shape index (κ1) is 24.4. The number of benzene rings is 2. The van der Waals surface area contributed by atoms with Gasteiger partial charge in [-0.25, -0.2) is 4.39 Å². The van der Waals surface area contributed by atoms with E-state index in [4.69, 9.17) is 17.0 Å². The van der Waals surface area contributed by atoms with Gasteiger partial charge in [-0.15, -0.1) is 0 Å². The van der Waals surface area contributed by atoms with Gasteiger partial charge in [0.15, 0.2) is 5.11 Å². The second-order valence-corrected chi connectivity index (χ2v) is 9.91. The highest BCUT2D eigenvalue weighted by molar-refractivity contribution is 7.80. The molecule has 0 saturated carbocycles. The van der Waals surface area contributed by atoms with E-state index in [1.807, 2.05) is 55.3 Å². The van der Waals surface area contributed by atoms with E-state index in [9.17, 15) is 4.79 Å². The Morgan fingerprint density at radius 1 is 1.26 bits per heavy atom. The number of hydrogen-bond acceptors (Lipinski definition) is 4. The van der Waals surface area contributed by atoms with E-state index < -0.39 is 0 Å². The Morgan fingerprint density at radius 2 is 2.03 bits per heavy atom. The van der Waals surface area contributed by atoms with Crippen LogP contribution in [0.4, 0.5) is 10.1 Å². The maximum absolute atomic E-state index is 15.0. The first-order valence-corrected chi connectivity index (χ1v) is 12.2. The summed E-state index contributed by atoms with van der Waals surface area (Å²) in [7, 11) is 1.91. The van der Waals surface area contributed by atoms with Crippen molar-refractivity contribution < 1.29 is 13.9 Å². The van der Waals surface area contributed by atoms with Crippen molar-refractivity contribution in [2.24, 2.45) is 0 Å². The number of anilines is 1. The largest absolute Gasteiger partial charge is 0.376 e. The molecule has 0 aromatic heterocycles. The summed E-state index contributed by atoms with van der Waals surface area (Å²) in [5.74, 6) is -0.296. The molecule has 2 unspecified atom stereocenters. The van der Waals surface area contributed by atoms with Crippen LogP contribution in [0.5, 0.6) is 0 Å². The number of likely N-dealkylation sites (N-methyl/N-ethyl adjacent to an activating group) is 1. The third-order valence-electron chi connectivity index (χ3n) is 6.85. The molecule has 2 atom stereocenters. The van der Waals surface area contributed by atoms with Crippen LogP contribution in [-0.2, 0) is 11.2 Å². The van der Waals surface area contributed by atoms with Crippen molar-refractivity contribution in [2.75, 3.05) is 25.5 Å². The summed E-state index contributed by atoms with van der Waals surface area (Å²) in [5, 5.41) is 6.64. The van der Waals surface area contributed by atoms with Crippen molar-refractivity contribution >= 4 is 28.8 Å². The van der Waals surface area contributed by atoms with Crippen LogP contribution in [0.1, 0.15) is 47.7 Å². The molecule has 2 aliphatic heterocycles. The van der Waals surface area contributed by atoms with Crippen molar-refractivity contribution in [3.63, 3.8) is 0 Å². The Hall–Kier alpha value is -2.77. The van der Waals surface area contributed by atoms with E-state index in [0.29, 0.717) is 47.0 Å². The standard InChI is InChI=1S/C27H32FN3O2S/c1-18-6-8-19(9-7-18)25(32)24-12-13-27(2,31(24)3)16-20-10-11-21(15-23(20)28)30-26(34)29-17-22-5-4-14-33-22/h6-12,15,22H,4-5,13-14,16-17H2,1-3H3,(H2,29,30,34). The van der Waals surface area contributed by atoms with Gasteiger partial charge in [0.2, 0.25) is 5.78 Å². The molecule has 4 rings (SSSR count). The predicted octanol–water partition coefficient (Wildman–Crippen LogP) is 5.00. The highest BCUT2D eigenvalue weighted by Gasteiger charge is 2.38. The lowest BCUT2D eigenvalue weighted by molar-refractivity contribution is 0.0967. The summed E-state index contributed by atoms with van der Waals surface area (Å²) in [4.78, 5) is 15.0. The summed E-state index contributed by atoms with van der Waals surface area (Å²) in [6.07, 6.45) is 5.41. The molecular formula is C27H32FN3O2S. The van der Waals surface area contributed by atoms with Crippen LogP contribution in [0.15, 0.2) is 54.2 Å². The van der Waals surface area contributed by atoms with Gasteiger partial charge in [0, 0.05) is 37.0 Å². The molecule has 0 aliphatic carbocycles. The molecule has 2 aliphatic rings. The lowest BCUT2D eigenvalue weighted by Crippen LogP contribution is -2.42. The van der Waals surface area contributed by atoms with Crippen LogP contribution in [0, 0.1) is 12.7 Å². The van der Waals surface area contributed by atoms with Crippen molar-refractivity contribution in [1.82, 2.24) is 10.2 Å². The lowest BCUT2D eigenvalue weighted by atomic mass is 9.90. The molecule has 0 bridgehead atoms. The van der Waals surface area contributed by atoms with E-state index in [1.165, 1.54) is 6.07 Å². The molecule has 0 radical (unpaired) electrons. The summed E-state index contributed by atoms with van der Waals surface area (Å²) >= 11 is 5.33. The van der Waals surface area contributed by atoms with Crippen LogP contribution in [0.25, 0.3) is 0 Å². The zero-order valence-corrected chi connectivity index (χ0v) is 20.8. The zero-order chi connectivity index (χ0) is 24.3. The molecule has 34 heavy (non-hydrogen) atoms. The van der Waals surface area contributed by atoms with Crippen molar-refractivity contribution in [3.8, 4) is 0 Å². The lowest BCUT2D eigenvalue weighted by Gasteiger charge is -2.36. The van der Waals surface area contributed by atoms with Gasteiger partial charge in [-0.1, -0.05) is 42.0 Å². The number of carbonyl (C=O) groups is 1. The smallest absolute Gasteiger partial charge is 0.208 e. The van der Waals surface area contributed by atoms with E-state index in [1.54, 1.807) is 6.07 Å². The predicted molar refractivity (Wildman–Crippen MR) is 138 cm³/mol. The first-order valence-electron chi connectivity index (χ1n) is 11.8. The van der Waals surface area contributed by atoms with Crippen LogP contribution < -0.4 is 10.6 Å². The van der Waals surface area contributed by atoms with E-state index in [0.717, 1.165) is 25.0 Å². The maximum atomic E-state index is 15.0. The number of carbonyl (C=O) groups excluding carboxylic acids is 1. The molecule has 0 spiro atoms. The molecule has 7 heteroatoms. The summed E-state index contributed by atoms with van der Waals surface area (Å²) in [6.45, 7) is 5.50. The number of rotatable bonds is 7. The van der Waals surface area contributed by atoms with Gasteiger partial charge in [0.1, 0.15) is 5.82 Å². The summed E-state index contributed by atoms with van der Waals surface area (Å²) in [6, 6.07) is 12.7. The highest BCUT2D eigenvalue weighted by atomic mass is 32.1. The van der Waals surface area contributed by atoms with Crippen LogP contribution >= 0.6 is 12.2 Å². The number of allylic oxidation sites excluding steroid dienone is 1. The van der Waals surface area contributed by atoms with Crippen LogP contribution in [-0.4, -0.2) is 47.6 Å². The molecule has 2 N–H and O–H groups in total. The molecule has 180 valence electrons. The van der Waals surface area contributed by atoms with E-state index in [2.05, 4.69) is 17.6 Å². The average Bonchev–Trinajstić information content (AvgIpc) is 3.43. The Balaban J connectivity index is 1.37. The molecule has 5 nitrogen and oxygen atoms in total. The molecule has 2 heterocycles. The minimum absolute atomic E-state index is 0.00439. The molecule has 0 amide bonds. The summed E-state index contributed by atoms with van der Waals surface area (Å²) in [5.41, 5.74) is 3.26. The Kier molecular flexibility index (Phi) is 7.33. The third kappa shape index (κ3) is 5.47. The van der Waals surface area contributed by atoms with Gasteiger partial charge < -0.3 is 20.3 Å². The van der Waals surface area contributed by atoms with Gasteiger partial charge in [-0.05, 0) is 69.4 Å². The van der Waals surface area contributed by atoms with Crippen molar-refractivity contribution in [1.29, 1.82) is 0 Å². The number of thiocarbonyl (C=S) groups is 1. The second-order valence-electron chi connectivity index (χ2n) is 9.50. The first-order chi connectivity index (χ1) is 16.2. The van der Waals surface area contributed by atoms with Gasteiger partial charge in [0.25, 0.3) is 0 Å². The third-order valence-corrected chi connectivity index (χ3v) is 7.10. The Morgan fingerprint density at radius 3 is 2.71 bits per heavy atom. The fourth-order valence-electron chi connectivity index (χ4n) is 4.54. The number of aryl methyl sites for hydroxylation is 1. The fourth-order valence-corrected chi connectivity index (χ4v) is 4.74. The van der Waals surface area contributed by atoms with Gasteiger partial charge in [-0.3, -0.25) is 4.79 Å². The number of Topliss-reactive ketones (excluding diaryl/α,β-unsaturated/α-hetero) is 1.